The Morgan fingerprint density at radius 1 is 1.50 bits per heavy atom. The summed E-state index contributed by atoms with van der Waals surface area (Å²) in [4.78, 5) is 22.8. The van der Waals surface area contributed by atoms with Crippen LogP contribution in [0.25, 0.3) is 0 Å². The smallest absolute Gasteiger partial charge is 0.308 e. The second-order valence-electron chi connectivity index (χ2n) is 5.18. The Balaban J connectivity index is 2.24. The number of carbonyl (C=O) groups excluding carboxylic acids is 1. The Kier molecular flexibility index (Phi) is 7.54. The van der Waals surface area contributed by atoms with E-state index in [1.165, 1.54) is 0 Å². The van der Waals surface area contributed by atoms with E-state index >= 15 is 0 Å². The standard InChI is InChI=1S/C14H25NO5/c1-3-5-11(14(17)18)8-15-13(16)10(2)20-9-12-6-4-7-19-12/h10-12H,3-9H2,1-2H3,(H,15,16)(H,17,18). The molecule has 0 bridgehead atoms. The van der Waals surface area contributed by atoms with Crippen molar-refractivity contribution in [1.29, 1.82) is 0 Å². The maximum atomic E-state index is 11.8. The van der Waals surface area contributed by atoms with E-state index < -0.39 is 18.0 Å². The lowest BCUT2D eigenvalue weighted by atomic mass is 10.0. The summed E-state index contributed by atoms with van der Waals surface area (Å²) in [5.41, 5.74) is 0. The van der Waals surface area contributed by atoms with Gasteiger partial charge in [-0.05, 0) is 26.2 Å². The van der Waals surface area contributed by atoms with Gasteiger partial charge in [-0.1, -0.05) is 13.3 Å². The Labute approximate surface area is 119 Å². The monoisotopic (exact) mass is 287 g/mol. The molecule has 1 aliphatic rings. The van der Waals surface area contributed by atoms with Crippen molar-refractivity contribution in [2.24, 2.45) is 5.92 Å². The molecular weight excluding hydrogens is 262 g/mol. The molecule has 6 nitrogen and oxygen atoms in total. The summed E-state index contributed by atoms with van der Waals surface area (Å²) in [6.45, 7) is 4.90. The molecular formula is C14H25NO5. The van der Waals surface area contributed by atoms with Crippen molar-refractivity contribution >= 4 is 11.9 Å². The Morgan fingerprint density at radius 3 is 2.80 bits per heavy atom. The maximum absolute atomic E-state index is 11.8. The van der Waals surface area contributed by atoms with Gasteiger partial charge in [0.15, 0.2) is 0 Å². The summed E-state index contributed by atoms with van der Waals surface area (Å²) < 4.78 is 10.9. The molecule has 3 atom stereocenters. The number of aliphatic carboxylic acids is 1. The average molecular weight is 287 g/mol. The highest BCUT2D eigenvalue weighted by Gasteiger charge is 2.22. The Bertz CT molecular complexity index is 315. The van der Waals surface area contributed by atoms with Crippen LogP contribution in [0.1, 0.15) is 39.5 Å². The number of nitrogens with one attached hydrogen (secondary N) is 1. The fraction of sp³-hybridized carbons (Fsp3) is 0.857. The predicted octanol–water partition coefficient (Wildman–Crippen LogP) is 1.19. The molecule has 0 saturated carbocycles. The number of rotatable bonds is 9. The maximum Gasteiger partial charge on any atom is 0.308 e. The van der Waals surface area contributed by atoms with Crippen LogP contribution in [0, 0.1) is 5.92 Å². The second-order valence-corrected chi connectivity index (χ2v) is 5.18. The molecule has 0 spiro atoms. The molecule has 20 heavy (non-hydrogen) atoms. The first-order valence-electron chi connectivity index (χ1n) is 7.28. The van der Waals surface area contributed by atoms with E-state index in [9.17, 15) is 9.59 Å². The highest BCUT2D eigenvalue weighted by molar-refractivity contribution is 5.81. The summed E-state index contributed by atoms with van der Waals surface area (Å²) >= 11 is 0. The van der Waals surface area contributed by atoms with Gasteiger partial charge in [-0.3, -0.25) is 9.59 Å². The Morgan fingerprint density at radius 2 is 2.25 bits per heavy atom. The SMILES string of the molecule is CCCC(CNC(=O)C(C)OCC1CCCO1)C(=O)O. The van der Waals surface area contributed by atoms with E-state index in [0.717, 1.165) is 25.9 Å². The van der Waals surface area contributed by atoms with E-state index in [2.05, 4.69) is 5.32 Å². The van der Waals surface area contributed by atoms with Crippen LogP contribution < -0.4 is 5.32 Å². The molecule has 0 aromatic carbocycles. The molecule has 0 aliphatic carbocycles. The number of carbonyl (C=O) groups is 2. The van der Waals surface area contributed by atoms with Crippen molar-refractivity contribution in [2.75, 3.05) is 19.8 Å². The molecule has 2 N–H and O–H groups in total. The van der Waals surface area contributed by atoms with Crippen LogP contribution in [-0.2, 0) is 19.1 Å². The third-order valence-corrected chi connectivity index (χ3v) is 3.43. The Hall–Kier alpha value is -1.14. The molecule has 116 valence electrons. The molecule has 0 aromatic heterocycles. The minimum absolute atomic E-state index is 0.0807. The van der Waals surface area contributed by atoms with E-state index in [1.54, 1.807) is 6.92 Å². The normalized spacial score (nSPS) is 21.4. The molecule has 1 saturated heterocycles. The van der Waals surface area contributed by atoms with Crippen LogP contribution in [-0.4, -0.2) is 48.9 Å². The van der Waals surface area contributed by atoms with Gasteiger partial charge in [0.05, 0.1) is 18.6 Å². The molecule has 0 radical (unpaired) electrons. The van der Waals surface area contributed by atoms with Gasteiger partial charge < -0.3 is 19.9 Å². The van der Waals surface area contributed by atoms with Gasteiger partial charge in [0.25, 0.3) is 0 Å². The van der Waals surface area contributed by atoms with Crippen molar-refractivity contribution in [3.63, 3.8) is 0 Å². The fourth-order valence-electron chi connectivity index (χ4n) is 2.13. The molecule has 0 aromatic rings. The zero-order valence-electron chi connectivity index (χ0n) is 12.3. The van der Waals surface area contributed by atoms with Gasteiger partial charge in [-0.25, -0.2) is 0 Å². The lowest BCUT2D eigenvalue weighted by molar-refractivity contribution is -0.142. The van der Waals surface area contributed by atoms with Gasteiger partial charge in [-0.2, -0.15) is 0 Å². The lowest BCUT2D eigenvalue weighted by Crippen LogP contribution is -2.40. The number of hydrogen-bond acceptors (Lipinski definition) is 4. The molecule has 3 unspecified atom stereocenters. The molecule has 1 aliphatic heterocycles. The predicted molar refractivity (Wildman–Crippen MR) is 73.4 cm³/mol. The van der Waals surface area contributed by atoms with Gasteiger partial charge in [-0.15, -0.1) is 0 Å². The summed E-state index contributed by atoms with van der Waals surface area (Å²) in [5.74, 6) is -1.68. The lowest BCUT2D eigenvalue weighted by Gasteiger charge is -2.17. The van der Waals surface area contributed by atoms with Crippen molar-refractivity contribution < 1.29 is 24.2 Å². The average Bonchev–Trinajstić information content (AvgIpc) is 2.93. The molecule has 1 amide bonds. The van der Waals surface area contributed by atoms with Crippen LogP contribution in [0.4, 0.5) is 0 Å². The minimum Gasteiger partial charge on any atom is -0.481 e. The minimum atomic E-state index is -0.875. The number of carboxylic acid groups (broad SMARTS) is 1. The first-order valence-corrected chi connectivity index (χ1v) is 7.28. The topological polar surface area (TPSA) is 84.9 Å². The third kappa shape index (κ3) is 5.88. The number of amides is 1. The number of carboxylic acids is 1. The number of ether oxygens (including phenoxy) is 2. The van der Waals surface area contributed by atoms with Crippen molar-refractivity contribution in [3.05, 3.63) is 0 Å². The fourth-order valence-corrected chi connectivity index (χ4v) is 2.13. The van der Waals surface area contributed by atoms with Crippen LogP contribution in [0.2, 0.25) is 0 Å². The van der Waals surface area contributed by atoms with Crippen LogP contribution >= 0.6 is 0 Å². The number of hydrogen-bond donors (Lipinski definition) is 2. The molecule has 1 heterocycles. The highest BCUT2D eigenvalue weighted by atomic mass is 16.5. The zero-order valence-corrected chi connectivity index (χ0v) is 12.3. The summed E-state index contributed by atoms with van der Waals surface area (Å²) in [6.07, 6.45) is 2.82. The van der Waals surface area contributed by atoms with E-state index in [1.807, 2.05) is 6.92 Å². The molecule has 1 rings (SSSR count). The van der Waals surface area contributed by atoms with Crippen LogP contribution in [0.15, 0.2) is 0 Å². The zero-order chi connectivity index (χ0) is 15.0. The summed E-state index contributed by atoms with van der Waals surface area (Å²) in [6, 6.07) is 0. The molecule has 1 fully saturated rings. The summed E-state index contributed by atoms with van der Waals surface area (Å²) in [5, 5.41) is 11.6. The first kappa shape index (κ1) is 16.9. The van der Waals surface area contributed by atoms with E-state index in [-0.39, 0.29) is 18.6 Å². The van der Waals surface area contributed by atoms with Crippen LogP contribution in [0.5, 0.6) is 0 Å². The third-order valence-electron chi connectivity index (χ3n) is 3.43. The van der Waals surface area contributed by atoms with E-state index in [0.29, 0.717) is 13.0 Å². The van der Waals surface area contributed by atoms with Gasteiger partial charge in [0, 0.05) is 13.2 Å². The van der Waals surface area contributed by atoms with Crippen molar-refractivity contribution in [2.45, 2.75) is 51.7 Å². The summed E-state index contributed by atoms with van der Waals surface area (Å²) in [7, 11) is 0. The second kappa shape index (κ2) is 8.92. The van der Waals surface area contributed by atoms with E-state index in [4.69, 9.17) is 14.6 Å². The highest BCUT2D eigenvalue weighted by Crippen LogP contribution is 2.12. The largest absolute Gasteiger partial charge is 0.481 e. The van der Waals surface area contributed by atoms with Crippen molar-refractivity contribution in [1.82, 2.24) is 5.32 Å². The van der Waals surface area contributed by atoms with Gasteiger partial charge >= 0.3 is 5.97 Å². The van der Waals surface area contributed by atoms with Crippen LogP contribution in [0.3, 0.4) is 0 Å². The van der Waals surface area contributed by atoms with Gasteiger partial charge in [0.1, 0.15) is 6.10 Å². The molecule has 6 heteroatoms. The van der Waals surface area contributed by atoms with Crippen molar-refractivity contribution in [3.8, 4) is 0 Å². The van der Waals surface area contributed by atoms with Gasteiger partial charge in [0.2, 0.25) is 5.91 Å². The first-order chi connectivity index (χ1) is 9.54. The quantitative estimate of drug-likeness (QED) is 0.665.